The molecule has 2 atom stereocenters. The summed E-state index contributed by atoms with van der Waals surface area (Å²) in [5.41, 5.74) is 0.0448. The third kappa shape index (κ3) is 6.69. The van der Waals surface area contributed by atoms with Crippen molar-refractivity contribution in [2.75, 3.05) is 27.2 Å². The van der Waals surface area contributed by atoms with E-state index in [-0.39, 0.29) is 42.1 Å². The molecule has 0 saturated heterocycles. The van der Waals surface area contributed by atoms with Gasteiger partial charge in [-0.2, -0.15) is 0 Å². The highest BCUT2D eigenvalue weighted by Crippen LogP contribution is 2.25. The van der Waals surface area contributed by atoms with Crippen LogP contribution >= 0.6 is 35.3 Å². The first-order valence-electron chi connectivity index (χ1n) is 8.62. The molecule has 0 saturated carbocycles. The van der Waals surface area contributed by atoms with Gasteiger partial charge < -0.3 is 15.5 Å². The highest BCUT2D eigenvalue weighted by atomic mass is 127. The summed E-state index contributed by atoms with van der Waals surface area (Å²) in [5, 5.41) is 8.55. The maximum atomic E-state index is 14.2. The number of nitrogens with zero attached hydrogens (tertiary/aromatic N) is 2. The van der Waals surface area contributed by atoms with Gasteiger partial charge in [0.15, 0.2) is 5.96 Å². The van der Waals surface area contributed by atoms with Crippen molar-refractivity contribution >= 4 is 41.3 Å². The van der Waals surface area contributed by atoms with Crippen LogP contribution in [0.4, 0.5) is 8.78 Å². The van der Waals surface area contributed by atoms with E-state index < -0.39 is 17.7 Å². The van der Waals surface area contributed by atoms with Crippen molar-refractivity contribution in [2.24, 2.45) is 4.99 Å². The number of hydrogen-bond acceptors (Lipinski definition) is 3. The third-order valence-electron chi connectivity index (χ3n) is 4.05. The molecule has 2 rings (SSSR count). The SMILES string of the molecule is CCNC(=NCC(c1c(F)cccc1F)N(C)C)NC(C)c1cccs1.I. The molecule has 4 nitrogen and oxygen atoms in total. The van der Waals surface area contributed by atoms with E-state index >= 15 is 0 Å². The molecular formula is C19H27F2IN4S. The maximum Gasteiger partial charge on any atom is 0.191 e. The van der Waals surface area contributed by atoms with Gasteiger partial charge in [-0.15, -0.1) is 35.3 Å². The van der Waals surface area contributed by atoms with Crippen LogP contribution in [0, 0.1) is 11.6 Å². The average Bonchev–Trinajstić information content (AvgIpc) is 3.11. The summed E-state index contributed by atoms with van der Waals surface area (Å²) in [6.07, 6.45) is 0. The fourth-order valence-electron chi connectivity index (χ4n) is 2.65. The third-order valence-corrected chi connectivity index (χ3v) is 5.10. The molecule has 2 aromatic rings. The number of nitrogens with one attached hydrogen (secondary N) is 2. The molecule has 0 fully saturated rings. The Morgan fingerprint density at radius 2 is 1.85 bits per heavy atom. The number of hydrogen-bond donors (Lipinski definition) is 2. The van der Waals surface area contributed by atoms with Gasteiger partial charge in [0.05, 0.1) is 18.6 Å². The van der Waals surface area contributed by atoms with Crippen molar-refractivity contribution in [1.29, 1.82) is 0 Å². The van der Waals surface area contributed by atoms with E-state index in [0.29, 0.717) is 12.5 Å². The zero-order chi connectivity index (χ0) is 19.1. The number of guanidine groups is 1. The van der Waals surface area contributed by atoms with Crippen LogP contribution in [-0.2, 0) is 0 Å². The lowest BCUT2D eigenvalue weighted by atomic mass is 10.0. The smallest absolute Gasteiger partial charge is 0.191 e. The van der Waals surface area contributed by atoms with Gasteiger partial charge in [-0.25, -0.2) is 8.78 Å². The summed E-state index contributed by atoms with van der Waals surface area (Å²) >= 11 is 1.67. The molecule has 0 aliphatic rings. The van der Waals surface area contributed by atoms with Crippen LogP contribution < -0.4 is 10.6 Å². The maximum absolute atomic E-state index is 14.2. The molecule has 2 N–H and O–H groups in total. The van der Waals surface area contributed by atoms with Gasteiger partial charge in [0, 0.05) is 17.0 Å². The van der Waals surface area contributed by atoms with E-state index in [9.17, 15) is 8.78 Å². The van der Waals surface area contributed by atoms with Crippen molar-refractivity contribution in [1.82, 2.24) is 15.5 Å². The molecule has 150 valence electrons. The van der Waals surface area contributed by atoms with Crippen LogP contribution in [-0.4, -0.2) is 38.0 Å². The predicted molar refractivity (Wildman–Crippen MR) is 120 cm³/mol. The minimum atomic E-state index is -0.552. The molecule has 27 heavy (non-hydrogen) atoms. The Kier molecular flexibility index (Phi) is 10.2. The number of halogens is 3. The normalized spacial score (nSPS) is 13.8. The summed E-state index contributed by atoms with van der Waals surface area (Å²) in [7, 11) is 3.58. The van der Waals surface area contributed by atoms with E-state index in [2.05, 4.69) is 28.6 Å². The van der Waals surface area contributed by atoms with E-state index in [1.807, 2.05) is 18.4 Å². The van der Waals surface area contributed by atoms with Crippen molar-refractivity contribution in [3.63, 3.8) is 0 Å². The lowest BCUT2D eigenvalue weighted by Crippen LogP contribution is -2.39. The molecule has 1 heterocycles. The van der Waals surface area contributed by atoms with Crippen molar-refractivity contribution in [3.8, 4) is 0 Å². The number of rotatable bonds is 7. The van der Waals surface area contributed by atoms with Gasteiger partial charge in [-0.1, -0.05) is 12.1 Å². The molecular weight excluding hydrogens is 481 g/mol. The molecule has 0 aliphatic heterocycles. The van der Waals surface area contributed by atoms with E-state index in [1.54, 1.807) is 30.3 Å². The fourth-order valence-corrected chi connectivity index (χ4v) is 3.39. The summed E-state index contributed by atoms with van der Waals surface area (Å²) in [6, 6.07) is 7.59. The number of likely N-dealkylation sites (N-methyl/N-ethyl adjacent to an activating group) is 1. The van der Waals surface area contributed by atoms with Crippen LogP contribution in [0.15, 0.2) is 40.7 Å². The van der Waals surface area contributed by atoms with Gasteiger partial charge >= 0.3 is 0 Å². The van der Waals surface area contributed by atoms with Gasteiger partial charge in [0.25, 0.3) is 0 Å². The van der Waals surface area contributed by atoms with Crippen molar-refractivity contribution < 1.29 is 8.78 Å². The second kappa shape index (κ2) is 11.6. The van der Waals surface area contributed by atoms with Crippen molar-refractivity contribution in [3.05, 3.63) is 57.8 Å². The second-order valence-corrected chi connectivity index (χ2v) is 7.20. The van der Waals surface area contributed by atoms with E-state index in [0.717, 1.165) is 0 Å². The van der Waals surface area contributed by atoms with Gasteiger partial charge in [0.2, 0.25) is 0 Å². The van der Waals surface area contributed by atoms with Gasteiger partial charge in [-0.05, 0) is 51.5 Å². The molecule has 0 bridgehead atoms. The van der Waals surface area contributed by atoms with Gasteiger partial charge in [-0.3, -0.25) is 4.99 Å². The van der Waals surface area contributed by atoms with Crippen LogP contribution in [0.3, 0.4) is 0 Å². The number of aliphatic imine (C=N–C) groups is 1. The zero-order valence-corrected chi connectivity index (χ0v) is 19.1. The molecule has 2 unspecified atom stereocenters. The van der Waals surface area contributed by atoms with Crippen LogP contribution in [0.1, 0.15) is 36.4 Å². The first-order valence-corrected chi connectivity index (χ1v) is 9.50. The van der Waals surface area contributed by atoms with Crippen LogP contribution in [0.2, 0.25) is 0 Å². The van der Waals surface area contributed by atoms with E-state index in [4.69, 9.17) is 0 Å². The molecule has 1 aromatic heterocycles. The second-order valence-electron chi connectivity index (χ2n) is 6.22. The van der Waals surface area contributed by atoms with Crippen molar-refractivity contribution in [2.45, 2.75) is 25.9 Å². The molecule has 0 radical (unpaired) electrons. The number of thiophene rings is 1. The fraction of sp³-hybridized carbons (Fsp3) is 0.421. The Bertz CT molecular complexity index is 702. The average molecular weight is 508 g/mol. The van der Waals surface area contributed by atoms with Crippen LogP contribution in [0.25, 0.3) is 0 Å². The molecule has 8 heteroatoms. The predicted octanol–water partition coefficient (Wildman–Crippen LogP) is 4.56. The quantitative estimate of drug-likeness (QED) is 0.327. The Morgan fingerprint density at radius 3 is 2.37 bits per heavy atom. The first kappa shape index (κ1) is 23.8. The highest BCUT2D eigenvalue weighted by Gasteiger charge is 2.22. The molecule has 0 amide bonds. The summed E-state index contributed by atoms with van der Waals surface area (Å²) in [4.78, 5) is 7.54. The minimum Gasteiger partial charge on any atom is -0.357 e. The van der Waals surface area contributed by atoms with Gasteiger partial charge in [0.1, 0.15) is 11.6 Å². The summed E-state index contributed by atoms with van der Waals surface area (Å²) < 4.78 is 28.4. The zero-order valence-electron chi connectivity index (χ0n) is 16.0. The minimum absolute atomic E-state index is 0. The largest absolute Gasteiger partial charge is 0.357 e. The topological polar surface area (TPSA) is 39.7 Å². The highest BCUT2D eigenvalue weighted by molar-refractivity contribution is 14.0. The standard InChI is InChI=1S/C19H26F2N4S.HI/c1-5-22-19(24-13(2)17-10-7-11-26-17)23-12-16(25(3)4)18-14(20)8-6-9-15(18)21;/h6-11,13,16H,5,12H2,1-4H3,(H2,22,23,24);1H. The first-order chi connectivity index (χ1) is 12.4. The molecule has 1 aromatic carbocycles. The Morgan fingerprint density at radius 1 is 1.19 bits per heavy atom. The lowest BCUT2D eigenvalue weighted by molar-refractivity contribution is 0.290. The monoisotopic (exact) mass is 508 g/mol. The Hall–Kier alpha value is -1.26. The lowest BCUT2D eigenvalue weighted by Gasteiger charge is -2.25. The Labute approximate surface area is 181 Å². The Balaban J connectivity index is 0.00000364. The summed E-state index contributed by atoms with van der Waals surface area (Å²) in [5.74, 6) is -0.482. The van der Waals surface area contributed by atoms with E-state index in [1.165, 1.54) is 23.1 Å². The summed E-state index contributed by atoms with van der Waals surface area (Å²) in [6.45, 7) is 4.96. The van der Waals surface area contributed by atoms with Crippen LogP contribution in [0.5, 0.6) is 0 Å². The molecule has 0 aliphatic carbocycles. The molecule has 0 spiro atoms. The number of benzene rings is 1.